The van der Waals surface area contributed by atoms with Crippen LogP contribution >= 0.6 is 79.6 Å². The quantitative estimate of drug-likeness (QED) is 0.0199. The molecule has 0 unspecified atom stereocenters. The first-order valence-electron chi connectivity index (χ1n) is 22.6. The van der Waals surface area contributed by atoms with E-state index in [1.807, 2.05) is 27.7 Å². The molecule has 0 spiro atoms. The van der Waals surface area contributed by atoms with Gasteiger partial charge in [0, 0.05) is 47.5 Å². The van der Waals surface area contributed by atoms with Crippen LogP contribution in [0.4, 0.5) is 0 Å². The third-order valence-corrected chi connectivity index (χ3v) is 15.4. The minimum Gasteiger partial charge on any atom is -0.508 e. The number of aromatic hydroxyl groups is 1. The van der Waals surface area contributed by atoms with Crippen LogP contribution in [0.25, 0.3) is 0 Å². The molecular formula is C51H63B2Br5O12. The summed E-state index contributed by atoms with van der Waals surface area (Å²) in [6, 6.07) is 26.4. The van der Waals surface area contributed by atoms with Gasteiger partial charge in [-0.25, -0.2) is 19.2 Å². The SMILES string of the molecule is BrCC(CBr)(CBr)CBr.CCCCOC(=O)c1cccc(O)c1.CCCOC(=O)c1ccc(OCC(CBr)(COc2ccc(C(=O)OCCC)cc2)COc2ccc(C(=O)OCCC)cc2)cc1.[B][B]. The van der Waals surface area contributed by atoms with E-state index in [9.17, 15) is 19.2 Å². The summed E-state index contributed by atoms with van der Waals surface area (Å²) in [6.45, 7) is 9.99. The summed E-state index contributed by atoms with van der Waals surface area (Å²) in [5, 5.41) is 13.7. The number of unbranched alkanes of at least 4 members (excludes halogenated alkanes) is 1. The lowest BCUT2D eigenvalue weighted by Crippen LogP contribution is -2.42. The van der Waals surface area contributed by atoms with Crippen molar-refractivity contribution in [1.82, 2.24) is 0 Å². The third-order valence-electron chi connectivity index (χ3n) is 9.45. The number of rotatable bonds is 27. The molecule has 4 aromatic carbocycles. The number of carbonyl (C=O) groups excluding carboxylic acids is 4. The number of alkyl halides is 5. The molecule has 0 atom stereocenters. The second-order valence-corrected chi connectivity index (χ2v) is 18.4. The lowest BCUT2D eigenvalue weighted by molar-refractivity contribution is 0.0490. The smallest absolute Gasteiger partial charge is 0.338 e. The summed E-state index contributed by atoms with van der Waals surface area (Å²) in [4.78, 5) is 47.9. The lowest BCUT2D eigenvalue weighted by atomic mass is 9.81. The fourth-order valence-corrected chi connectivity index (χ4v) is 11.1. The molecule has 12 nitrogen and oxygen atoms in total. The van der Waals surface area contributed by atoms with E-state index in [-0.39, 0.29) is 49.4 Å². The Balaban J connectivity index is 0.000000797. The maximum atomic E-state index is 12.2. The molecule has 4 radical (unpaired) electrons. The zero-order valence-corrected chi connectivity index (χ0v) is 48.2. The van der Waals surface area contributed by atoms with Crippen LogP contribution in [0.15, 0.2) is 97.1 Å². The molecule has 0 saturated carbocycles. The van der Waals surface area contributed by atoms with Crippen LogP contribution < -0.4 is 14.2 Å². The number of benzene rings is 4. The summed E-state index contributed by atoms with van der Waals surface area (Å²) in [7, 11) is 8.00. The van der Waals surface area contributed by atoms with Crippen molar-refractivity contribution in [1.29, 1.82) is 0 Å². The van der Waals surface area contributed by atoms with Crippen molar-refractivity contribution in [3.8, 4) is 23.0 Å². The van der Waals surface area contributed by atoms with Crippen molar-refractivity contribution in [2.24, 2.45) is 10.8 Å². The van der Waals surface area contributed by atoms with Crippen molar-refractivity contribution >= 4 is 119 Å². The van der Waals surface area contributed by atoms with Crippen molar-refractivity contribution in [3.63, 3.8) is 0 Å². The van der Waals surface area contributed by atoms with E-state index in [2.05, 4.69) is 95.1 Å². The fourth-order valence-electron chi connectivity index (χ4n) is 5.09. The maximum Gasteiger partial charge on any atom is 0.338 e. The summed E-state index contributed by atoms with van der Waals surface area (Å²) < 4.78 is 39.1. The van der Waals surface area contributed by atoms with Crippen LogP contribution in [-0.2, 0) is 18.9 Å². The van der Waals surface area contributed by atoms with Gasteiger partial charge in [-0.05, 0) is 117 Å². The normalized spacial score (nSPS) is 10.6. The Morgan fingerprint density at radius 2 is 0.757 bits per heavy atom. The van der Waals surface area contributed by atoms with Crippen molar-refractivity contribution < 1.29 is 57.4 Å². The Bertz CT molecular complexity index is 1880. The summed E-state index contributed by atoms with van der Waals surface area (Å²) in [5.41, 5.74) is 1.38. The molecule has 4 rings (SSSR count). The molecule has 70 heavy (non-hydrogen) atoms. The van der Waals surface area contributed by atoms with E-state index in [1.165, 1.54) is 12.1 Å². The lowest BCUT2D eigenvalue weighted by Gasteiger charge is -2.31. The second kappa shape index (κ2) is 38.2. The topological polar surface area (TPSA) is 153 Å². The van der Waals surface area contributed by atoms with Crippen LogP contribution in [0.3, 0.4) is 0 Å². The highest BCUT2D eigenvalue weighted by molar-refractivity contribution is 9.11. The molecule has 1 N–H and O–H groups in total. The molecule has 19 heteroatoms. The second-order valence-electron chi connectivity index (χ2n) is 15.6. The molecule has 0 amide bonds. The van der Waals surface area contributed by atoms with E-state index in [1.54, 1.807) is 84.9 Å². The Morgan fingerprint density at radius 3 is 1.03 bits per heavy atom. The minimum atomic E-state index is -0.670. The van der Waals surface area contributed by atoms with Crippen LogP contribution in [0.1, 0.15) is 101 Å². The molecule has 0 bridgehead atoms. The van der Waals surface area contributed by atoms with E-state index in [0.717, 1.165) is 53.4 Å². The van der Waals surface area contributed by atoms with Gasteiger partial charge in [0.1, 0.15) is 42.8 Å². The number of phenols is 1. The van der Waals surface area contributed by atoms with Gasteiger partial charge < -0.3 is 38.3 Å². The van der Waals surface area contributed by atoms with Gasteiger partial charge in [0.2, 0.25) is 0 Å². The number of esters is 4. The maximum absolute atomic E-state index is 12.2. The standard InChI is InChI=1S/C35H41BrO9.C11H14O3.C5H8Br4.B2/c1-4-19-40-32(37)26-7-13-29(14-8-26)43-23-35(22-36,24-44-30-15-9-27(10-16-30)33(38)41-20-5-2)25-45-31-17-11-28(12-18-31)34(39)42-21-6-3;1-2-3-7-14-11(13)9-5-4-6-10(12)8-9;6-1-5(2-7,3-8)4-9;1-2/h7-18H,4-6,19-25H2,1-3H3;4-6,8,12H,2-3,7H2,1H3;1-4H2;. The van der Waals surface area contributed by atoms with Gasteiger partial charge in [-0.3, -0.25) is 0 Å². The largest absolute Gasteiger partial charge is 0.508 e. The zero-order chi connectivity index (χ0) is 52.2. The average molecular weight is 1290 g/mol. The molecule has 0 aromatic heterocycles. The number of phenolic OH excluding ortho intramolecular Hbond substituents is 1. The van der Waals surface area contributed by atoms with Crippen molar-refractivity contribution in [2.75, 3.05) is 72.9 Å². The number of carbonyl (C=O) groups is 4. The first kappa shape index (κ1) is 64.5. The predicted octanol–water partition coefficient (Wildman–Crippen LogP) is 12.4. The highest BCUT2D eigenvalue weighted by atomic mass is 79.9. The van der Waals surface area contributed by atoms with E-state index < -0.39 is 5.41 Å². The number of hydrogen-bond donors (Lipinski definition) is 1. The fraction of sp³-hybridized carbons (Fsp3) is 0.451. The Morgan fingerprint density at radius 1 is 0.443 bits per heavy atom. The van der Waals surface area contributed by atoms with Crippen LogP contribution in [0.5, 0.6) is 23.0 Å². The van der Waals surface area contributed by atoms with Crippen LogP contribution in [-0.4, -0.2) is 117 Å². The van der Waals surface area contributed by atoms with Gasteiger partial charge in [-0.2, -0.15) is 0 Å². The summed E-state index contributed by atoms with van der Waals surface area (Å²) >= 11 is 17.5. The van der Waals surface area contributed by atoms with Crippen molar-refractivity contribution in [2.45, 2.75) is 59.8 Å². The molecule has 4 aromatic rings. The van der Waals surface area contributed by atoms with Gasteiger partial charge in [-0.1, -0.05) is 120 Å². The van der Waals surface area contributed by atoms with Gasteiger partial charge >= 0.3 is 23.9 Å². The molecule has 0 fully saturated rings. The Labute approximate surface area is 458 Å². The van der Waals surface area contributed by atoms with Crippen LogP contribution in [0, 0.1) is 10.8 Å². The molecular weight excluding hydrogens is 1230 g/mol. The van der Waals surface area contributed by atoms with Gasteiger partial charge in [0.25, 0.3) is 0 Å². The van der Waals surface area contributed by atoms with E-state index in [0.29, 0.717) is 76.7 Å². The Hall–Kier alpha value is -3.51. The Kier molecular flexibility index (Phi) is 35.2. The van der Waals surface area contributed by atoms with E-state index >= 15 is 0 Å². The molecule has 0 aliphatic heterocycles. The van der Waals surface area contributed by atoms with Gasteiger partial charge in [0.05, 0.1) is 54.1 Å². The molecule has 380 valence electrons. The van der Waals surface area contributed by atoms with Crippen LogP contribution in [0.2, 0.25) is 0 Å². The first-order chi connectivity index (χ1) is 33.8. The highest BCUT2D eigenvalue weighted by Gasteiger charge is 2.33. The zero-order valence-electron chi connectivity index (χ0n) is 40.2. The van der Waals surface area contributed by atoms with Gasteiger partial charge in [-0.15, -0.1) is 0 Å². The number of ether oxygens (including phenoxy) is 7. The third kappa shape index (κ3) is 24.7. The molecule has 0 saturated heterocycles. The summed E-state index contributed by atoms with van der Waals surface area (Å²) in [6.07, 6.45) is 4.10. The summed E-state index contributed by atoms with van der Waals surface area (Å²) in [5.74, 6) is 0.258. The minimum absolute atomic E-state index is 0.0786. The highest BCUT2D eigenvalue weighted by Crippen LogP contribution is 2.29. The predicted molar refractivity (Wildman–Crippen MR) is 296 cm³/mol. The number of hydrogen-bond acceptors (Lipinski definition) is 12. The van der Waals surface area contributed by atoms with E-state index in [4.69, 9.17) is 38.3 Å². The van der Waals surface area contributed by atoms with Crippen molar-refractivity contribution in [3.05, 3.63) is 119 Å². The molecule has 0 aliphatic carbocycles. The monoisotopic (exact) mass is 1280 g/mol. The molecule has 0 aliphatic rings. The average Bonchev–Trinajstić information content (AvgIpc) is 3.41. The first-order valence-corrected chi connectivity index (χ1v) is 28.2. The number of halogens is 5. The molecule has 0 heterocycles. The van der Waals surface area contributed by atoms with Gasteiger partial charge in [0.15, 0.2) is 0 Å².